The molecule has 84 valence electrons. The molecule has 1 rings (SSSR count). The van der Waals surface area contributed by atoms with Crippen LogP contribution in [0.1, 0.15) is 24.2 Å². The van der Waals surface area contributed by atoms with E-state index in [2.05, 4.69) is 21.2 Å². The average molecular weight is 285 g/mol. The lowest BCUT2D eigenvalue weighted by Crippen LogP contribution is -2.42. The summed E-state index contributed by atoms with van der Waals surface area (Å²) in [5.74, 6) is -1.22. The highest BCUT2D eigenvalue weighted by molar-refractivity contribution is 9.10. The quantitative estimate of drug-likeness (QED) is 0.908. The Labute approximate surface area is 101 Å². The number of carbonyl (C=O) groups excluding carboxylic acids is 1. The Morgan fingerprint density at radius 3 is 2.69 bits per heavy atom. The van der Waals surface area contributed by atoms with Gasteiger partial charge in [-0.1, -0.05) is 15.9 Å². The van der Waals surface area contributed by atoms with Crippen LogP contribution in [0.4, 0.5) is 4.39 Å². The molecule has 0 saturated heterocycles. The number of benzene rings is 1. The summed E-state index contributed by atoms with van der Waals surface area (Å²) in [4.78, 5) is 11.6. The third-order valence-electron chi connectivity index (χ3n) is 1.88. The zero-order chi connectivity index (χ0) is 12.3. The van der Waals surface area contributed by atoms with Gasteiger partial charge in [0.05, 0.1) is 11.6 Å². The third-order valence-corrected chi connectivity index (χ3v) is 2.37. The van der Waals surface area contributed by atoms with Gasteiger partial charge >= 0.3 is 0 Å². The largest absolute Gasteiger partial charge is 0.334 e. The minimum absolute atomic E-state index is 0.0773. The summed E-state index contributed by atoms with van der Waals surface area (Å²) in [6.07, 6.45) is 0. The Hall–Kier alpha value is -1.41. The van der Waals surface area contributed by atoms with E-state index >= 15 is 0 Å². The van der Waals surface area contributed by atoms with E-state index < -0.39 is 17.3 Å². The SMILES string of the molecule is CC(C)(C#N)NC(=O)c1ccc(Br)cc1F. The van der Waals surface area contributed by atoms with Crippen molar-refractivity contribution in [3.05, 3.63) is 34.1 Å². The summed E-state index contributed by atoms with van der Waals surface area (Å²) in [5.41, 5.74) is -1.09. The van der Waals surface area contributed by atoms with Gasteiger partial charge in [0.2, 0.25) is 0 Å². The standard InChI is InChI=1S/C11H10BrFN2O/c1-11(2,6-14)15-10(16)8-4-3-7(12)5-9(8)13/h3-5H,1-2H3,(H,15,16). The molecule has 1 aromatic carbocycles. The number of nitrogens with one attached hydrogen (secondary N) is 1. The maximum Gasteiger partial charge on any atom is 0.255 e. The molecule has 0 bridgehead atoms. The molecule has 0 unspecified atom stereocenters. The maximum atomic E-state index is 13.4. The number of hydrogen-bond acceptors (Lipinski definition) is 2. The molecule has 0 aliphatic heterocycles. The van der Waals surface area contributed by atoms with Crippen LogP contribution < -0.4 is 5.32 Å². The van der Waals surface area contributed by atoms with Crippen LogP contribution in [0.2, 0.25) is 0 Å². The van der Waals surface area contributed by atoms with E-state index in [-0.39, 0.29) is 5.56 Å². The highest BCUT2D eigenvalue weighted by Gasteiger charge is 2.22. The molecular formula is C11H10BrFN2O. The van der Waals surface area contributed by atoms with Crippen LogP contribution in [0.25, 0.3) is 0 Å². The van der Waals surface area contributed by atoms with Crippen molar-refractivity contribution in [2.75, 3.05) is 0 Å². The summed E-state index contributed by atoms with van der Waals surface area (Å²) in [6, 6.07) is 6.04. The summed E-state index contributed by atoms with van der Waals surface area (Å²) >= 11 is 3.10. The Bertz CT molecular complexity index is 466. The molecule has 16 heavy (non-hydrogen) atoms. The summed E-state index contributed by atoms with van der Waals surface area (Å²) in [5, 5.41) is 11.2. The Kier molecular flexibility index (Phi) is 3.66. The first-order chi connectivity index (χ1) is 7.35. The molecule has 0 fully saturated rings. The predicted octanol–water partition coefficient (Wildman–Crippen LogP) is 2.62. The molecule has 0 spiro atoms. The van der Waals surface area contributed by atoms with Crippen molar-refractivity contribution < 1.29 is 9.18 Å². The van der Waals surface area contributed by atoms with E-state index in [1.54, 1.807) is 19.9 Å². The number of rotatable bonds is 2. The van der Waals surface area contributed by atoms with Crippen molar-refractivity contribution >= 4 is 21.8 Å². The van der Waals surface area contributed by atoms with Crippen molar-refractivity contribution in [1.82, 2.24) is 5.32 Å². The number of carbonyl (C=O) groups is 1. The van der Waals surface area contributed by atoms with Crippen LogP contribution in [0, 0.1) is 17.1 Å². The molecular weight excluding hydrogens is 275 g/mol. The highest BCUT2D eigenvalue weighted by atomic mass is 79.9. The molecule has 0 aliphatic rings. The zero-order valence-corrected chi connectivity index (χ0v) is 10.4. The smallest absolute Gasteiger partial charge is 0.255 e. The van der Waals surface area contributed by atoms with Gasteiger partial charge in [-0.3, -0.25) is 4.79 Å². The van der Waals surface area contributed by atoms with Crippen LogP contribution in [0.5, 0.6) is 0 Å². The second-order valence-electron chi connectivity index (χ2n) is 3.82. The third kappa shape index (κ3) is 3.04. The second kappa shape index (κ2) is 4.62. The van der Waals surface area contributed by atoms with E-state index in [4.69, 9.17) is 5.26 Å². The first kappa shape index (κ1) is 12.7. The zero-order valence-electron chi connectivity index (χ0n) is 8.84. The Morgan fingerprint density at radius 2 is 2.19 bits per heavy atom. The number of nitrogens with zero attached hydrogens (tertiary/aromatic N) is 1. The topological polar surface area (TPSA) is 52.9 Å². The summed E-state index contributed by atoms with van der Waals surface area (Å²) in [7, 11) is 0. The monoisotopic (exact) mass is 284 g/mol. The average Bonchev–Trinajstić information content (AvgIpc) is 2.16. The van der Waals surface area contributed by atoms with Gasteiger partial charge < -0.3 is 5.32 Å². The van der Waals surface area contributed by atoms with Crippen LogP contribution in [0.3, 0.4) is 0 Å². The van der Waals surface area contributed by atoms with Gasteiger partial charge in [0.25, 0.3) is 5.91 Å². The van der Waals surface area contributed by atoms with Crippen molar-refractivity contribution in [2.45, 2.75) is 19.4 Å². The first-order valence-corrected chi connectivity index (χ1v) is 5.34. The van der Waals surface area contributed by atoms with Crippen molar-refractivity contribution in [3.63, 3.8) is 0 Å². The van der Waals surface area contributed by atoms with Crippen LogP contribution in [-0.4, -0.2) is 11.4 Å². The fraction of sp³-hybridized carbons (Fsp3) is 0.273. The summed E-state index contributed by atoms with van der Waals surface area (Å²) in [6.45, 7) is 3.09. The fourth-order valence-electron chi connectivity index (χ4n) is 1.05. The molecule has 1 N–H and O–H groups in total. The molecule has 0 aliphatic carbocycles. The number of amides is 1. The highest BCUT2D eigenvalue weighted by Crippen LogP contribution is 2.15. The van der Waals surface area contributed by atoms with Gasteiger partial charge in [0, 0.05) is 4.47 Å². The Morgan fingerprint density at radius 1 is 1.56 bits per heavy atom. The predicted molar refractivity (Wildman–Crippen MR) is 61.3 cm³/mol. The van der Waals surface area contributed by atoms with Gasteiger partial charge in [0.1, 0.15) is 11.4 Å². The molecule has 1 amide bonds. The molecule has 3 nitrogen and oxygen atoms in total. The van der Waals surface area contributed by atoms with Crippen LogP contribution in [-0.2, 0) is 0 Å². The lowest BCUT2D eigenvalue weighted by Gasteiger charge is -2.17. The van der Waals surface area contributed by atoms with Gasteiger partial charge in [-0.25, -0.2) is 4.39 Å². The molecule has 0 radical (unpaired) electrons. The Balaban J connectivity index is 2.95. The molecule has 0 atom stereocenters. The normalized spacial score (nSPS) is 10.7. The molecule has 1 aromatic rings. The first-order valence-electron chi connectivity index (χ1n) is 4.54. The van der Waals surface area contributed by atoms with Crippen molar-refractivity contribution in [3.8, 4) is 6.07 Å². The van der Waals surface area contributed by atoms with E-state index in [9.17, 15) is 9.18 Å². The molecule has 0 heterocycles. The maximum absolute atomic E-state index is 13.4. The van der Waals surface area contributed by atoms with E-state index in [0.717, 1.165) is 0 Å². The minimum atomic E-state index is -1.02. The van der Waals surface area contributed by atoms with Crippen LogP contribution >= 0.6 is 15.9 Å². The van der Waals surface area contributed by atoms with Crippen molar-refractivity contribution in [2.24, 2.45) is 0 Å². The number of halogens is 2. The molecule has 5 heteroatoms. The lowest BCUT2D eigenvalue weighted by molar-refractivity contribution is 0.0925. The fourth-order valence-corrected chi connectivity index (χ4v) is 1.39. The lowest BCUT2D eigenvalue weighted by atomic mass is 10.1. The minimum Gasteiger partial charge on any atom is -0.334 e. The molecule has 0 saturated carbocycles. The van der Waals surface area contributed by atoms with E-state index in [1.807, 2.05) is 6.07 Å². The van der Waals surface area contributed by atoms with Gasteiger partial charge in [-0.05, 0) is 32.0 Å². The van der Waals surface area contributed by atoms with E-state index in [1.165, 1.54) is 12.1 Å². The van der Waals surface area contributed by atoms with Crippen molar-refractivity contribution in [1.29, 1.82) is 5.26 Å². The van der Waals surface area contributed by atoms with Gasteiger partial charge in [-0.2, -0.15) is 5.26 Å². The number of hydrogen-bond donors (Lipinski definition) is 1. The van der Waals surface area contributed by atoms with Gasteiger partial charge in [-0.15, -0.1) is 0 Å². The van der Waals surface area contributed by atoms with E-state index in [0.29, 0.717) is 4.47 Å². The van der Waals surface area contributed by atoms with Crippen LogP contribution in [0.15, 0.2) is 22.7 Å². The second-order valence-corrected chi connectivity index (χ2v) is 4.73. The summed E-state index contributed by atoms with van der Waals surface area (Å²) < 4.78 is 14.0. The van der Waals surface area contributed by atoms with Gasteiger partial charge in [0.15, 0.2) is 0 Å². The molecule has 0 aromatic heterocycles. The number of nitriles is 1.